The average molecular weight is 344 g/mol. The molecular formula is C19H24N2O2S. The maximum absolute atomic E-state index is 12.6. The lowest BCUT2D eigenvalue weighted by molar-refractivity contribution is 0.0725. The number of aliphatic hydroxyl groups is 1. The van der Waals surface area contributed by atoms with Gasteiger partial charge in [0, 0.05) is 25.0 Å². The summed E-state index contributed by atoms with van der Waals surface area (Å²) in [6.45, 7) is 1.95. The Morgan fingerprint density at radius 2 is 1.79 bits per heavy atom. The van der Waals surface area contributed by atoms with Gasteiger partial charge in [-0.2, -0.15) is 11.8 Å². The minimum atomic E-state index is -0.921. The van der Waals surface area contributed by atoms with Crippen LogP contribution in [-0.4, -0.2) is 42.2 Å². The van der Waals surface area contributed by atoms with Gasteiger partial charge in [0.15, 0.2) is 0 Å². The van der Waals surface area contributed by atoms with Gasteiger partial charge >= 0.3 is 0 Å². The van der Waals surface area contributed by atoms with E-state index in [4.69, 9.17) is 0 Å². The van der Waals surface area contributed by atoms with E-state index in [1.54, 1.807) is 24.8 Å². The van der Waals surface area contributed by atoms with Gasteiger partial charge in [0.2, 0.25) is 0 Å². The number of nitrogens with one attached hydrogen (secondary N) is 1. The van der Waals surface area contributed by atoms with Crippen molar-refractivity contribution in [1.29, 1.82) is 0 Å². The summed E-state index contributed by atoms with van der Waals surface area (Å²) in [7, 11) is 1.94. The third kappa shape index (κ3) is 4.76. The van der Waals surface area contributed by atoms with Gasteiger partial charge in [-0.15, -0.1) is 0 Å². The van der Waals surface area contributed by atoms with E-state index in [0.29, 0.717) is 11.3 Å². The molecule has 0 aliphatic heterocycles. The van der Waals surface area contributed by atoms with Crippen LogP contribution in [-0.2, 0) is 0 Å². The van der Waals surface area contributed by atoms with Crippen LogP contribution in [0.4, 0.5) is 11.4 Å². The molecule has 1 atom stereocenters. The van der Waals surface area contributed by atoms with Gasteiger partial charge in [-0.05, 0) is 37.4 Å². The van der Waals surface area contributed by atoms with Gasteiger partial charge in [-0.1, -0.05) is 30.3 Å². The van der Waals surface area contributed by atoms with Gasteiger partial charge < -0.3 is 15.3 Å². The molecule has 2 aromatic carbocycles. The van der Waals surface area contributed by atoms with Crippen LogP contribution in [0.1, 0.15) is 17.3 Å². The monoisotopic (exact) mass is 344 g/mol. The zero-order valence-electron chi connectivity index (χ0n) is 14.3. The molecule has 0 heterocycles. The zero-order valence-corrected chi connectivity index (χ0v) is 15.1. The number of carbonyl (C=O) groups excluding carboxylic acids is 1. The lowest BCUT2D eigenvalue weighted by atomic mass is 10.1. The Morgan fingerprint density at radius 3 is 2.46 bits per heavy atom. The van der Waals surface area contributed by atoms with Crippen LogP contribution >= 0.6 is 11.8 Å². The molecule has 1 amide bonds. The van der Waals surface area contributed by atoms with Crippen LogP contribution in [0.3, 0.4) is 0 Å². The highest BCUT2D eigenvalue weighted by Crippen LogP contribution is 2.26. The number of amides is 1. The molecule has 0 aliphatic carbocycles. The standard InChI is InChI=1S/C19H24N2O2S/c1-19(23,14-24-3)13-20-18(22)16-11-7-8-12-17(16)21(2)15-9-5-4-6-10-15/h4-12,23H,13-14H2,1-3H3,(H,20,22). The Morgan fingerprint density at radius 1 is 1.17 bits per heavy atom. The van der Waals surface area contributed by atoms with Gasteiger partial charge in [-0.3, -0.25) is 4.79 Å². The number of thioether (sulfide) groups is 1. The van der Waals surface area contributed by atoms with Crippen molar-refractivity contribution >= 4 is 29.0 Å². The molecule has 0 aliphatic rings. The number of nitrogens with zero attached hydrogens (tertiary/aromatic N) is 1. The molecule has 2 aromatic rings. The van der Waals surface area contributed by atoms with Crippen molar-refractivity contribution in [3.8, 4) is 0 Å². The molecule has 0 saturated carbocycles. The van der Waals surface area contributed by atoms with E-state index in [9.17, 15) is 9.90 Å². The molecule has 5 heteroatoms. The maximum Gasteiger partial charge on any atom is 0.253 e. The quantitative estimate of drug-likeness (QED) is 0.809. The molecule has 24 heavy (non-hydrogen) atoms. The number of anilines is 2. The average Bonchev–Trinajstić information content (AvgIpc) is 2.60. The van der Waals surface area contributed by atoms with E-state index in [1.807, 2.05) is 66.7 Å². The Bertz CT molecular complexity index is 674. The summed E-state index contributed by atoms with van der Waals surface area (Å²) in [5.74, 6) is 0.383. The van der Waals surface area contributed by atoms with Crippen molar-refractivity contribution in [1.82, 2.24) is 5.32 Å². The fraction of sp³-hybridized carbons (Fsp3) is 0.316. The summed E-state index contributed by atoms with van der Waals surface area (Å²) in [5, 5.41) is 13.1. The predicted octanol–water partition coefficient (Wildman–Crippen LogP) is 3.30. The highest BCUT2D eigenvalue weighted by Gasteiger charge is 2.22. The predicted molar refractivity (Wildman–Crippen MR) is 102 cm³/mol. The number of hydrogen-bond acceptors (Lipinski definition) is 4. The van der Waals surface area contributed by atoms with Gasteiger partial charge in [0.1, 0.15) is 0 Å². The van der Waals surface area contributed by atoms with Gasteiger partial charge in [0.25, 0.3) is 5.91 Å². The Balaban J connectivity index is 2.18. The first-order valence-corrected chi connectivity index (χ1v) is 9.21. The van der Waals surface area contributed by atoms with Gasteiger partial charge in [-0.25, -0.2) is 0 Å². The fourth-order valence-electron chi connectivity index (χ4n) is 2.48. The Hall–Kier alpha value is -1.98. The molecule has 1 unspecified atom stereocenters. The summed E-state index contributed by atoms with van der Waals surface area (Å²) in [4.78, 5) is 14.6. The van der Waals surface area contributed by atoms with Crippen molar-refractivity contribution in [2.75, 3.05) is 30.5 Å². The SMILES string of the molecule is CSCC(C)(O)CNC(=O)c1ccccc1N(C)c1ccccc1. The lowest BCUT2D eigenvalue weighted by Crippen LogP contribution is -2.42. The van der Waals surface area contributed by atoms with Crippen LogP contribution < -0.4 is 10.2 Å². The fourth-order valence-corrected chi connectivity index (χ4v) is 3.20. The molecule has 2 rings (SSSR count). The molecule has 128 valence electrons. The first-order valence-electron chi connectivity index (χ1n) is 7.82. The van der Waals surface area contributed by atoms with E-state index in [0.717, 1.165) is 11.4 Å². The van der Waals surface area contributed by atoms with Crippen LogP contribution in [0, 0.1) is 0 Å². The Labute approximate surface area is 147 Å². The summed E-state index contributed by atoms with van der Waals surface area (Å²) in [6.07, 6.45) is 1.93. The summed E-state index contributed by atoms with van der Waals surface area (Å²) >= 11 is 1.55. The number of carbonyl (C=O) groups is 1. The van der Waals surface area contributed by atoms with E-state index in [2.05, 4.69) is 5.32 Å². The first-order chi connectivity index (χ1) is 11.4. The number of para-hydroxylation sites is 2. The van der Waals surface area contributed by atoms with E-state index >= 15 is 0 Å². The summed E-state index contributed by atoms with van der Waals surface area (Å²) in [6, 6.07) is 17.4. The summed E-state index contributed by atoms with van der Waals surface area (Å²) in [5.41, 5.74) is 1.50. The molecule has 4 nitrogen and oxygen atoms in total. The molecule has 0 spiro atoms. The Kier molecular flexibility index (Phi) is 6.29. The second-order valence-electron chi connectivity index (χ2n) is 6.02. The molecular weight excluding hydrogens is 320 g/mol. The van der Waals surface area contributed by atoms with Crippen LogP contribution in [0.25, 0.3) is 0 Å². The third-order valence-corrected chi connectivity index (χ3v) is 4.65. The molecule has 2 N–H and O–H groups in total. The normalized spacial score (nSPS) is 13.2. The first kappa shape index (κ1) is 18.4. The molecule has 0 bridgehead atoms. The lowest BCUT2D eigenvalue weighted by Gasteiger charge is -2.25. The second kappa shape index (κ2) is 8.22. The molecule has 0 fully saturated rings. The van der Waals surface area contributed by atoms with Crippen LogP contribution in [0.5, 0.6) is 0 Å². The van der Waals surface area contributed by atoms with Crippen molar-refractivity contribution < 1.29 is 9.90 Å². The minimum absolute atomic E-state index is 0.185. The van der Waals surface area contributed by atoms with Crippen molar-refractivity contribution in [3.63, 3.8) is 0 Å². The maximum atomic E-state index is 12.6. The second-order valence-corrected chi connectivity index (χ2v) is 6.89. The van der Waals surface area contributed by atoms with Crippen LogP contribution in [0.2, 0.25) is 0 Å². The van der Waals surface area contributed by atoms with Gasteiger partial charge in [0.05, 0.1) is 16.9 Å². The number of benzene rings is 2. The van der Waals surface area contributed by atoms with Crippen molar-refractivity contribution in [3.05, 3.63) is 60.2 Å². The molecule has 0 radical (unpaired) electrons. The highest BCUT2D eigenvalue weighted by atomic mass is 32.2. The van der Waals surface area contributed by atoms with Crippen molar-refractivity contribution in [2.45, 2.75) is 12.5 Å². The zero-order chi connectivity index (χ0) is 17.6. The summed E-state index contributed by atoms with van der Waals surface area (Å²) < 4.78 is 0. The largest absolute Gasteiger partial charge is 0.387 e. The number of hydrogen-bond donors (Lipinski definition) is 2. The molecule has 0 aromatic heterocycles. The highest BCUT2D eigenvalue weighted by molar-refractivity contribution is 7.98. The number of rotatable bonds is 7. The third-order valence-electron chi connectivity index (χ3n) is 3.74. The van der Waals surface area contributed by atoms with E-state index in [1.165, 1.54) is 0 Å². The topological polar surface area (TPSA) is 52.6 Å². The molecule has 0 saturated heterocycles. The van der Waals surface area contributed by atoms with Crippen LogP contribution in [0.15, 0.2) is 54.6 Å². The smallest absolute Gasteiger partial charge is 0.253 e. The van der Waals surface area contributed by atoms with E-state index in [-0.39, 0.29) is 12.5 Å². The van der Waals surface area contributed by atoms with E-state index < -0.39 is 5.60 Å². The van der Waals surface area contributed by atoms with Crippen molar-refractivity contribution in [2.24, 2.45) is 0 Å². The minimum Gasteiger partial charge on any atom is -0.387 e.